The smallest absolute Gasteiger partial charge is 0.191 e. The molecule has 1 aliphatic rings. The van der Waals surface area contributed by atoms with Gasteiger partial charge in [-0.05, 0) is 25.2 Å². The van der Waals surface area contributed by atoms with Gasteiger partial charge in [-0.1, -0.05) is 20.3 Å². The lowest BCUT2D eigenvalue weighted by molar-refractivity contribution is 0.161. The van der Waals surface area contributed by atoms with E-state index in [0.29, 0.717) is 5.41 Å². The van der Waals surface area contributed by atoms with Crippen LogP contribution in [-0.2, 0) is 0 Å². The molecular weight excluding hydrogens is 174 g/mol. The topological polar surface area (TPSA) is 41.6 Å². The molecule has 0 aromatic heterocycles. The molecule has 0 saturated carbocycles. The van der Waals surface area contributed by atoms with Crippen LogP contribution in [0.4, 0.5) is 0 Å². The fraction of sp³-hybridized carbons (Fsp3) is 0.909. The Labute approximate surface area is 87.4 Å². The van der Waals surface area contributed by atoms with Gasteiger partial charge < -0.3 is 10.6 Å². The number of likely N-dealkylation sites (tertiary alicyclic amines) is 1. The summed E-state index contributed by atoms with van der Waals surface area (Å²) in [6.45, 7) is 9.59. The number of piperidine rings is 1. The van der Waals surface area contributed by atoms with Crippen molar-refractivity contribution in [2.45, 2.75) is 40.0 Å². The van der Waals surface area contributed by atoms with E-state index in [0.717, 1.165) is 25.6 Å². The van der Waals surface area contributed by atoms with E-state index in [4.69, 9.17) is 5.73 Å². The van der Waals surface area contributed by atoms with E-state index in [9.17, 15) is 0 Å². The Hall–Kier alpha value is -0.730. The van der Waals surface area contributed by atoms with Crippen molar-refractivity contribution in [3.63, 3.8) is 0 Å². The first-order valence-corrected chi connectivity index (χ1v) is 5.66. The second kappa shape index (κ2) is 4.67. The Morgan fingerprint density at radius 2 is 1.93 bits per heavy atom. The lowest BCUT2D eigenvalue weighted by Gasteiger charge is -2.39. The Morgan fingerprint density at radius 3 is 2.36 bits per heavy atom. The first-order valence-electron chi connectivity index (χ1n) is 5.66. The minimum absolute atomic E-state index is 0.531. The van der Waals surface area contributed by atoms with Crippen molar-refractivity contribution >= 4 is 5.96 Å². The molecule has 1 heterocycles. The van der Waals surface area contributed by atoms with Crippen molar-refractivity contribution in [3.8, 4) is 0 Å². The highest BCUT2D eigenvalue weighted by molar-refractivity contribution is 5.78. The van der Waals surface area contributed by atoms with Gasteiger partial charge in [0.25, 0.3) is 0 Å². The van der Waals surface area contributed by atoms with Crippen molar-refractivity contribution in [1.29, 1.82) is 0 Å². The zero-order chi connectivity index (χ0) is 10.6. The molecule has 0 unspecified atom stereocenters. The van der Waals surface area contributed by atoms with E-state index >= 15 is 0 Å². The molecule has 0 radical (unpaired) electrons. The third kappa shape index (κ3) is 2.63. The predicted molar refractivity (Wildman–Crippen MR) is 61.4 cm³/mol. The summed E-state index contributed by atoms with van der Waals surface area (Å²) in [6.07, 6.45) is 3.75. The van der Waals surface area contributed by atoms with E-state index in [1.165, 1.54) is 19.3 Å². The van der Waals surface area contributed by atoms with Crippen LogP contribution in [0.3, 0.4) is 0 Å². The maximum atomic E-state index is 5.86. The Kier molecular flexibility index (Phi) is 3.78. The lowest BCUT2D eigenvalue weighted by Crippen LogP contribution is -2.45. The second-order valence-corrected chi connectivity index (χ2v) is 4.48. The van der Waals surface area contributed by atoms with Gasteiger partial charge in [0, 0.05) is 19.6 Å². The van der Waals surface area contributed by atoms with Crippen molar-refractivity contribution in [1.82, 2.24) is 4.90 Å². The molecule has 14 heavy (non-hydrogen) atoms. The molecule has 0 aromatic rings. The van der Waals surface area contributed by atoms with Crippen LogP contribution in [0, 0.1) is 5.41 Å². The maximum absolute atomic E-state index is 5.86. The molecular formula is C11H23N3. The van der Waals surface area contributed by atoms with Crippen molar-refractivity contribution < 1.29 is 0 Å². The highest BCUT2D eigenvalue weighted by atomic mass is 15.3. The molecule has 1 saturated heterocycles. The maximum Gasteiger partial charge on any atom is 0.191 e. The van der Waals surface area contributed by atoms with Gasteiger partial charge in [-0.2, -0.15) is 0 Å². The van der Waals surface area contributed by atoms with Crippen LogP contribution in [0.1, 0.15) is 40.0 Å². The van der Waals surface area contributed by atoms with Crippen molar-refractivity contribution in [3.05, 3.63) is 0 Å². The fourth-order valence-corrected chi connectivity index (χ4v) is 1.89. The lowest BCUT2D eigenvalue weighted by atomic mass is 9.78. The van der Waals surface area contributed by atoms with Crippen molar-refractivity contribution in [2.75, 3.05) is 19.6 Å². The Bertz CT molecular complexity index is 203. The van der Waals surface area contributed by atoms with Gasteiger partial charge in [-0.3, -0.25) is 4.99 Å². The molecule has 0 bridgehead atoms. The minimum Gasteiger partial charge on any atom is -0.370 e. The van der Waals surface area contributed by atoms with Crippen LogP contribution in [0.2, 0.25) is 0 Å². The average molecular weight is 197 g/mol. The number of guanidine groups is 1. The van der Waals surface area contributed by atoms with Crippen LogP contribution in [0.25, 0.3) is 0 Å². The van der Waals surface area contributed by atoms with Crippen LogP contribution in [0.5, 0.6) is 0 Å². The summed E-state index contributed by atoms with van der Waals surface area (Å²) in [5.41, 5.74) is 6.40. The summed E-state index contributed by atoms with van der Waals surface area (Å²) >= 11 is 0. The highest BCUT2D eigenvalue weighted by Crippen LogP contribution is 2.33. The predicted octanol–water partition coefficient (Wildman–Crippen LogP) is 1.83. The fourth-order valence-electron chi connectivity index (χ4n) is 1.89. The summed E-state index contributed by atoms with van der Waals surface area (Å²) in [5, 5.41) is 0. The normalized spacial score (nSPS) is 22.5. The van der Waals surface area contributed by atoms with Crippen LogP contribution >= 0.6 is 0 Å². The zero-order valence-electron chi connectivity index (χ0n) is 9.71. The number of aliphatic imine (C=N–C) groups is 1. The van der Waals surface area contributed by atoms with E-state index in [1.54, 1.807) is 0 Å². The molecule has 1 rings (SSSR count). The SMILES string of the molecule is CCN=C(N)N1CCC(C)(CC)CC1. The van der Waals surface area contributed by atoms with E-state index < -0.39 is 0 Å². The summed E-state index contributed by atoms with van der Waals surface area (Å²) in [5.74, 6) is 0.727. The minimum atomic E-state index is 0.531. The number of rotatable bonds is 2. The van der Waals surface area contributed by atoms with E-state index in [1.807, 2.05) is 6.92 Å². The molecule has 0 aliphatic carbocycles. The van der Waals surface area contributed by atoms with Gasteiger partial charge in [0.15, 0.2) is 5.96 Å². The van der Waals surface area contributed by atoms with Gasteiger partial charge in [-0.25, -0.2) is 0 Å². The molecule has 0 atom stereocenters. The van der Waals surface area contributed by atoms with Gasteiger partial charge in [0.2, 0.25) is 0 Å². The summed E-state index contributed by atoms with van der Waals surface area (Å²) in [7, 11) is 0. The van der Waals surface area contributed by atoms with Crippen LogP contribution in [-0.4, -0.2) is 30.5 Å². The van der Waals surface area contributed by atoms with E-state index in [-0.39, 0.29) is 0 Å². The van der Waals surface area contributed by atoms with Crippen molar-refractivity contribution in [2.24, 2.45) is 16.1 Å². The number of nitrogens with zero attached hydrogens (tertiary/aromatic N) is 2. The highest BCUT2D eigenvalue weighted by Gasteiger charge is 2.28. The molecule has 3 nitrogen and oxygen atoms in total. The first-order chi connectivity index (χ1) is 6.61. The molecule has 3 heteroatoms. The number of hydrogen-bond acceptors (Lipinski definition) is 1. The Balaban J connectivity index is 2.47. The molecule has 1 aliphatic heterocycles. The van der Waals surface area contributed by atoms with E-state index in [2.05, 4.69) is 23.7 Å². The summed E-state index contributed by atoms with van der Waals surface area (Å²) < 4.78 is 0. The quantitative estimate of drug-likeness (QED) is 0.542. The summed E-state index contributed by atoms with van der Waals surface area (Å²) in [6, 6.07) is 0. The summed E-state index contributed by atoms with van der Waals surface area (Å²) in [4.78, 5) is 6.45. The standard InChI is InChI=1S/C11H23N3/c1-4-11(3)6-8-14(9-7-11)10(12)13-5-2/h4-9H2,1-3H3,(H2,12,13). The third-order valence-electron chi connectivity index (χ3n) is 3.47. The van der Waals surface area contributed by atoms with Gasteiger partial charge in [-0.15, -0.1) is 0 Å². The van der Waals surface area contributed by atoms with Gasteiger partial charge in [0.1, 0.15) is 0 Å². The molecule has 82 valence electrons. The second-order valence-electron chi connectivity index (χ2n) is 4.48. The molecule has 1 fully saturated rings. The number of hydrogen-bond donors (Lipinski definition) is 1. The van der Waals surface area contributed by atoms with Crippen LogP contribution in [0.15, 0.2) is 4.99 Å². The van der Waals surface area contributed by atoms with Gasteiger partial charge in [0.05, 0.1) is 0 Å². The third-order valence-corrected chi connectivity index (χ3v) is 3.47. The van der Waals surface area contributed by atoms with Crippen LogP contribution < -0.4 is 5.73 Å². The van der Waals surface area contributed by atoms with Gasteiger partial charge >= 0.3 is 0 Å². The largest absolute Gasteiger partial charge is 0.370 e. The first kappa shape index (κ1) is 11.3. The molecule has 2 N–H and O–H groups in total. The Morgan fingerprint density at radius 1 is 1.36 bits per heavy atom. The molecule has 0 spiro atoms. The molecule has 0 aromatic carbocycles. The average Bonchev–Trinajstić information content (AvgIpc) is 2.19. The monoisotopic (exact) mass is 197 g/mol. The molecule has 0 amide bonds. The zero-order valence-corrected chi connectivity index (χ0v) is 9.71. The number of nitrogens with two attached hydrogens (primary N) is 1.